The van der Waals surface area contributed by atoms with Crippen LogP contribution in [0.15, 0.2) is 0 Å². The highest BCUT2D eigenvalue weighted by Crippen LogP contribution is 2.00. The standard InChI is InChI=1S/C6H14IN/c1-4-6(5-2)7-8-3/h8H,4-5H2,1-3H3. The van der Waals surface area contributed by atoms with E-state index in [0.29, 0.717) is 0 Å². The van der Waals surface area contributed by atoms with Gasteiger partial charge in [-0.2, -0.15) is 0 Å². The molecule has 0 rings (SSSR count). The fourth-order valence-electron chi connectivity index (χ4n) is 0.517. The van der Waals surface area contributed by atoms with Crippen molar-refractivity contribution in [3.05, 3.63) is 0 Å². The van der Waals surface area contributed by atoms with Crippen LogP contribution in [-0.4, -0.2) is 10.6 Å². The van der Waals surface area contributed by atoms with Crippen LogP contribution in [0, 0.1) is 0 Å². The summed E-state index contributed by atoms with van der Waals surface area (Å²) in [5.41, 5.74) is 0. The number of hydrogen-bond acceptors (Lipinski definition) is 1. The molecule has 8 heavy (non-hydrogen) atoms. The van der Waals surface area contributed by atoms with E-state index in [2.05, 4.69) is 17.4 Å². The van der Waals surface area contributed by atoms with Crippen LogP contribution in [0.1, 0.15) is 26.7 Å². The van der Waals surface area contributed by atoms with Crippen LogP contribution >= 0.6 is 21.0 Å². The quantitative estimate of drug-likeness (QED) is 0.575. The van der Waals surface area contributed by atoms with E-state index in [1.807, 2.05) is 7.05 Å². The topological polar surface area (TPSA) is 12.0 Å². The fraction of sp³-hybridized carbons (Fsp3) is 0.833. The molecule has 50 valence electrons. The van der Waals surface area contributed by atoms with Gasteiger partial charge >= 0.3 is 0 Å². The Morgan fingerprint density at radius 1 is 1.38 bits per heavy atom. The minimum Gasteiger partial charge on any atom is -0.269 e. The predicted molar refractivity (Wildman–Crippen MR) is 48.7 cm³/mol. The van der Waals surface area contributed by atoms with E-state index in [-0.39, 0.29) is 21.0 Å². The molecule has 0 aliphatic heterocycles. The summed E-state index contributed by atoms with van der Waals surface area (Å²) in [5, 5.41) is 0. The third-order valence-electron chi connectivity index (χ3n) is 0.995. The lowest BCUT2D eigenvalue weighted by Crippen LogP contribution is -1.93. The zero-order valence-corrected chi connectivity index (χ0v) is 7.95. The van der Waals surface area contributed by atoms with Gasteiger partial charge in [-0.1, -0.05) is 13.8 Å². The lowest BCUT2D eigenvalue weighted by atomic mass is 10.3. The number of rotatable bonds is 3. The molecule has 0 aliphatic rings. The summed E-state index contributed by atoms with van der Waals surface area (Å²) in [6, 6.07) is 0. The number of hydrogen-bond donors (Lipinski definition) is 1. The summed E-state index contributed by atoms with van der Waals surface area (Å²) in [6.07, 6.45) is 2.54. The van der Waals surface area contributed by atoms with Gasteiger partial charge in [0.25, 0.3) is 0 Å². The molecule has 1 N–H and O–H groups in total. The Labute approximate surface area is 62.0 Å². The van der Waals surface area contributed by atoms with E-state index in [0.717, 1.165) is 0 Å². The van der Waals surface area contributed by atoms with Crippen molar-refractivity contribution in [1.82, 2.24) is 3.53 Å². The number of halogens is 1. The highest BCUT2D eigenvalue weighted by molar-refractivity contribution is 14.2. The fourth-order valence-corrected chi connectivity index (χ4v) is 2.04. The Morgan fingerprint density at radius 3 is 2.00 bits per heavy atom. The van der Waals surface area contributed by atoms with Crippen LogP contribution in [-0.2, 0) is 0 Å². The van der Waals surface area contributed by atoms with Gasteiger partial charge in [-0.15, -0.1) is 0 Å². The molecular weight excluding hydrogens is 213 g/mol. The van der Waals surface area contributed by atoms with Crippen LogP contribution < -0.4 is 3.53 Å². The Hall–Kier alpha value is 0.560. The molecule has 0 heterocycles. The monoisotopic (exact) mass is 227 g/mol. The summed E-state index contributed by atoms with van der Waals surface area (Å²) in [5.74, 6) is 0. The maximum absolute atomic E-state index is 3.24. The molecule has 0 fully saturated rings. The molecule has 0 radical (unpaired) electrons. The maximum Gasteiger partial charge on any atom is -0.00688 e. The van der Waals surface area contributed by atoms with Gasteiger partial charge in [0.2, 0.25) is 0 Å². The van der Waals surface area contributed by atoms with Gasteiger partial charge in [-0.05, 0) is 44.4 Å². The van der Waals surface area contributed by atoms with Crippen molar-refractivity contribution in [2.45, 2.75) is 26.7 Å². The van der Waals surface area contributed by atoms with E-state index >= 15 is 0 Å². The van der Waals surface area contributed by atoms with Gasteiger partial charge < -0.3 is 0 Å². The van der Waals surface area contributed by atoms with Crippen molar-refractivity contribution in [1.29, 1.82) is 0 Å². The minimum atomic E-state index is 0.229. The zero-order chi connectivity index (χ0) is 6.41. The smallest absolute Gasteiger partial charge is 0.00688 e. The van der Waals surface area contributed by atoms with Crippen molar-refractivity contribution < 1.29 is 0 Å². The Kier molecular flexibility index (Phi) is 6.09. The van der Waals surface area contributed by atoms with Crippen molar-refractivity contribution in [2.75, 3.05) is 7.05 Å². The predicted octanol–water partition coefficient (Wildman–Crippen LogP) is 2.08. The molecule has 0 aliphatic carbocycles. The molecule has 0 atom stereocenters. The van der Waals surface area contributed by atoms with Crippen LogP contribution in [0.4, 0.5) is 0 Å². The molecule has 0 unspecified atom stereocenters. The summed E-state index contributed by atoms with van der Waals surface area (Å²) in [6.45, 7) is 4.46. The Morgan fingerprint density at radius 2 is 1.88 bits per heavy atom. The molecule has 0 amide bonds. The first-order valence-electron chi connectivity index (χ1n) is 3.00. The van der Waals surface area contributed by atoms with E-state index < -0.39 is 0 Å². The average molecular weight is 227 g/mol. The van der Waals surface area contributed by atoms with Crippen LogP contribution in [0.5, 0.6) is 0 Å². The summed E-state index contributed by atoms with van der Waals surface area (Å²) in [7, 11) is 2.04. The van der Waals surface area contributed by atoms with Gasteiger partial charge in [0.1, 0.15) is 0 Å². The van der Waals surface area contributed by atoms with Crippen molar-refractivity contribution in [3.8, 4) is 0 Å². The van der Waals surface area contributed by atoms with Gasteiger partial charge in [-0.25, -0.2) is 0 Å². The SMILES string of the molecule is CCC(CC)=INC. The number of nitrogens with one attached hydrogen (secondary N) is 1. The average Bonchev–Trinajstić information content (AvgIpc) is 1.83. The minimum absolute atomic E-state index is 0.229. The molecule has 1 nitrogen and oxygen atoms in total. The molecule has 0 aromatic rings. The Balaban J connectivity index is 3.49. The van der Waals surface area contributed by atoms with E-state index in [1.165, 1.54) is 12.8 Å². The summed E-state index contributed by atoms with van der Waals surface area (Å²) >= 11 is 0.229. The molecule has 0 saturated heterocycles. The molecule has 2 heteroatoms. The molecule has 0 bridgehead atoms. The lowest BCUT2D eigenvalue weighted by molar-refractivity contribution is 1.20. The third kappa shape index (κ3) is 3.55. The highest BCUT2D eigenvalue weighted by Gasteiger charge is 1.85. The molecule has 0 aromatic heterocycles. The second-order valence-corrected chi connectivity index (χ2v) is 4.65. The van der Waals surface area contributed by atoms with Crippen molar-refractivity contribution >= 4 is 24.5 Å². The molecule has 0 spiro atoms. The van der Waals surface area contributed by atoms with E-state index in [4.69, 9.17) is 0 Å². The second-order valence-electron chi connectivity index (χ2n) is 1.51. The van der Waals surface area contributed by atoms with E-state index in [1.54, 1.807) is 3.51 Å². The van der Waals surface area contributed by atoms with Gasteiger partial charge in [0, 0.05) is 0 Å². The highest BCUT2D eigenvalue weighted by atomic mass is 127. The first-order valence-corrected chi connectivity index (χ1v) is 5.16. The first kappa shape index (κ1) is 8.56. The van der Waals surface area contributed by atoms with Crippen molar-refractivity contribution in [3.63, 3.8) is 0 Å². The molecule has 0 aromatic carbocycles. The summed E-state index contributed by atoms with van der Waals surface area (Å²) < 4.78 is 4.96. The second kappa shape index (κ2) is 5.69. The largest absolute Gasteiger partial charge is 0.269 e. The van der Waals surface area contributed by atoms with E-state index in [9.17, 15) is 0 Å². The first-order chi connectivity index (χ1) is 3.85. The molecule has 0 saturated carbocycles. The lowest BCUT2D eigenvalue weighted by Gasteiger charge is -1.95. The normalized spacial score (nSPS) is 9.38. The maximum atomic E-state index is 3.24. The van der Waals surface area contributed by atoms with Crippen LogP contribution in [0.25, 0.3) is 0 Å². The van der Waals surface area contributed by atoms with Gasteiger partial charge in [-0.3, -0.25) is 3.53 Å². The van der Waals surface area contributed by atoms with Gasteiger partial charge in [0.05, 0.1) is 0 Å². The summed E-state index contributed by atoms with van der Waals surface area (Å²) in [4.78, 5) is 0. The van der Waals surface area contributed by atoms with Crippen LogP contribution in [0.3, 0.4) is 0 Å². The third-order valence-corrected chi connectivity index (χ3v) is 3.82. The van der Waals surface area contributed by atoms with Crippen LogP contribution in [0.2, 0.25) is 0 Å². The zero-order valence-electron chi connectivity index (χ0n) is 5.79. The van der Waals surface area contributed by atoms with Crippen molar-refractivity contribution in [2.24, 2.45) is 0 Å². The Bertz CT molecular complexity index is 72.6. The molecular formula is C6H14IN. The van der Waals surface area contributed by atoms with Gasteiger partial charge in [0.15, 0.2) is 0 Å².